The molecule has 0 aliphatic carbocycles. The van der Waals surface area contributed by atoms with Crippen molar-refractivity contribution < 1.29 is 13.2 Å². The third kappa shape index (κ3) is 2.13. The highest BCUT2D eigenvalue weighted by atomic mass is 19.2. The number of fused-ring (bicyclic) bond motifs is 1. The number of hydrogen-bond donors (Lipinski definition) is 1. The minimum Gasteiger partial charge on any atom is -0.384 e. The molecule has 0 saturated heterocycles. The van der Waals surface area contributed by atoms with Crippen LogP contribution in [0.4, 0.5) is 18.9 Å². The maximum absolute atomic E-state index is 13.8. The predicted octanol–water partition coefficient (Wildman–Crippen LogP) is 3.95. The van der Waals surface area contributed by atoms with E-state index in [0.717, 1.165) is 11.6 Å². The van der Waals surface area contributed by atoms with E-state index in [-0.39, 0.29) is 10.9 Å². The van der Waals surface area contributed by atoms with Crippen molar-refractivity contribution in [1.29, 1.82) is 0 Å². The molecule has 1 N–H and O–H groups in total. The van der Waals surface area contributed by atoms with Gasteiger partial charge in [0.15, 0.2) is 17.5 Å². The monoisotopic (exact) mass is 268 g/mol. The summed E-state index contributed by atoms with van der Waals surface area (Å²) < 4.78 is 40.5. The van der Waals surface area contributed by atoms with E-state index in [0.29, 0.717) is 24.3 Å². The largest absolute Gasteiger partial charge is 0.384 e. The van der Waals surface area contributed by atoms with Crippen LogP contribution in [0.25, 0.3) is 10.9 Å². The number of halogens is 3. The molecule has 0 fully saturated rings. The summed E-state index contributed by atoms with van der Waals surface area (Å²) in [6, 6.07) is 0.997. The van der Waals surface area contributed by atoms with Crippen LogP contribution < -0.4 is 5.32 Å². The molecule has 0 saturated carbocycles. The predicted molar refractivity (Wildman–Crippen MR) is 69.9 cm³/mol. The number of benzene rings is 1. The summed E-state index contributed by atoms with van der Waals surface area (Å²) in [6.45, 7) is 6.16. The number of anilines is 1. The molecule has 19 heavy (non-hydrogen) atoms. The first kappa shape index (κ1) is 13.6. The second kappa shape index (κ2) is 5.07. The summed E-state index contributed by atoms with van der Waals surface area (Å²) in [5.74, 6) is -3.91. The fourth-order valence-electron chi connectivity index (χ4n) is 2.28. The molecular formula is C14H15F3N2. The topological polar surface area (TPSA) is 24.9 Å². The molecule has 0 aliphatic rings. The number of nitrogens with zero attached hydrogens (tertiary/aromatic N) is 1. The van der Waals surface area contributed by atoms with Crippen LogP contribution in [0.15, 0.2) is 6.07 Å². The van der Waals surface area contributed by atoms with Gasteiger partial charge in [0.2, 0.25) is 0 Å². The van der Waals surface area contributed by atoms with Crippen molar-refractivity contribution in [2.45, 2.75) is 27.2 Å². The van der Waals surface area contributed by atoms with E-state index in [1.54, 1.807) is 6.92 Å². The zero-order chi connectivity index (χ0) is 14.2. The highest BCUT2D eigenvalue weighted by molar-refractivity contribution is 5.94. The lowest BCUT2D eigenvalue weighted by Crippen LogP contribution is -2.07. The molecule has 0 aliphatic heterocycles. The van der Waals surface area contributed by atoms with Gasteiger partial charge in [-0.1, -0.05) is 6.92 Å². The molecule has 0 unspecified atom stereocenters. The zero-order valence-electron chi connectivity index (χ0n) is 11.1. The minimum atomic E-state index is -1.48. The average molecular weight is 268 g/mol. The van der Waals surface area contributed by atoms with Gasteiger partial charge in [0.05, 0.1) is 0 Å². The van der Waals surface area contributed by atoms with Gasteiger partial charge in [0, 0.05) is 23.3 Å². The molecule has 0 bridgehead atoms. The molecule has 0 radical (unpaired) electrons. The van der Waals surface area contributed by atoms with Crippen LogP contribution in [-0.2, 0) is 6.42 Å². The number of aryl methyl sites for hydroxylation is 1. The third-order valence-corrected chi connectivity index (χ3v) is 3.13. The van der Waals surface area contributed by atoms with Crippen molar-refractivity contribution in [1.82, 2.24) is 4.98 Å². The normalized spacial score (nSPS) is 11.1. The lowest BCUT2D eigenvalue weighted by Gasteiger charge is -2.16. The lowest BCUT2D eigenvalue weighted by molar-refractivity contribution is 0.452. The Kier molecular flexibility index (Phi) is 3.64. The van der Waals surface area contributed by atoms with Gasteiger partial charge in [-0.2, -0.15) is 0 Å². The first-order valence-electron chi connectivity index (χ1n) is 6.21. The Labute approximate surface area is 109 Å². The standard InChI is InChI=1S/C14H15F3N2/c1-4-8-7(3)19-14-9(13(8)18-5-2)6-10(15)11(16)12(14)17/h6H,4-5H2,1-3H3,(H,18,19). The van der Waals surface area contributed by atoms with Crippen molar-refractivity contribution >= 4 is 16.6 Å². The Balaban J connectivity index is 2.92. The van der Waals surface area contributed by atoms with Crippen molar-refractivity contribution in [2.24, 2.45) is 0 Å². The fraction of sp³-hybridized carbons (Fsp3) is 0.357. The third-order valence-electron chi connectivity index (χ3n) is 3.13. The van der Waals surface area contributed by atoms with E-state index in [4.69, 9.17) is 0 Å². The van der Waals surface area contributed by atoms with Crippen LogP contribution in [0.3, 0.4) is 0 Å². The van der Waals surface area contributed by atoms with Gasteiger partial charge in [-0.15, -0.1) is 0 Å². The van der Waals surface area contributed by atoms with Crippen molar-refractivity contribution in [3.8, 4) is 0 Å². The Bertz CT molecular complexity index is 639. The van der Waals surface area contributed by atoms with Gasteiger partial charge < -0.3 is 5.32 Å². The summed E-state index contributed by atoms with van der Waals surface area (Å²) in [4.78, 5) is 4.07. The van der Waals surface area contributed by atoms with E-state index in [1.165, 1.54) is 0 Å². The number of aromatic nitrogens is 1. The molecule has 0 spiro atoms. The Morgan fingerprint density at radius 1 is 1.16 bits per heavy atom. The van der Waals surface area contributed by atoms with E-state index in [1.807, 2.05) is 13.8 Å². The maximum atomic E-state index is 13.8. The maximum Gasteiger partial charge on any atom is 0.196 e. The zero-order valence-corrected chi connectivity index (χ0v) is 11.1. The smallest absolute Gasteiger partial charge is 0.196 e. The first-order valence-corrected chi connectivity index (χ1v) is 6.21. The van der Waals surface area contributed by atoms with Crippen molar-refractivity contribution in [2.75, 3.05) is 11.9 Å². The van der Waals surface area contributed by atoms with Crippen LogP contribution in [0, 0.1) is 24.4 Å². The van der Waals surface area contributed by atoms with E-state index < -0.39 is 17.5 Å². The molecule has 2 nitrogen and oxygen atoms in total. The summed E-state index contributed by atoms with van der Waals surface area (Å²) in [6.07, 6.45) is 0.678. The molecule has 5 heteroatoms. The SMILES string of the molecule is CCNc1c(CC)c(C)nc2c(F)c(F)c(F)cc12. The first-order chi connectivity index (χ1) is 9.01. The highest BCUT2D eigenvalue weighted by Crippen LogP contribution is 2.32. The van der Waals surface area contributed by atoms with Crippen molar-refractivity contribution in [3.63, 3.8) is 0 Å². The van der Waals surface area contributed by atoms with Gasteiger partial charge in [-0.05, 0) is 31.9 Å². The lowest BCUT2D eigenvalue weighted by atomic mass is 10.0. The van der Waals surface area contributed by atoms with Crippen LogP contribution in [0.1, 0.15) is 25.1 Å². The fourth-order valence-corrected chi connectivity index (χ4v) is 2.28. The molecular weight excluding hydrogens is 253 g/mol. The molecule has 2 aromatic rings. The van der Waals surface area contributed by atoms with Crippen LogP contribution in [0.2, 0.25) is 0 Å². The summed E-state index contributed by atoms with van der Waals surface area (Å²) in [5, 5.41) is 3.37. The quantitative estimate of drug-likeness (QED) is 0.852. The number of rotatable bonds is 3. The number of nitrogens with one attached hydrogen (secondary N) is 1. The van der Waals surface area contributed by atoms with Gasteiger partial charge in [0.1, 0.15) is 5.52 Å². The van der Waals surface area contributed by atoms with Gasteiger partial charge in [-0.3, -0.25) is 0 Å². The van der Waals surface area contributed by atoms with E-state index in [9.17, 15) is 13.2 Å². The molecule has 0 amide bonds. The molecule has 2 rings (SSSR count). The van der Waals surface area contributed by atoms with Crippen LogP contribution in [-0.4, -0.2) is 11.5 Å². The second-order valence-corrected chi connectivity index (χ2v) is 4.32. The Morgan fingerprint density at radius 2 is 1.84 bits per heavy atom. The minimum absolute atomic E-state index is 0.135. The molecule has 0 atom stereocenters. The Hall–Kier alpha value is -1.78. The summed E-state index contributed by atoms with van der Waals surface area (Å²) in [7, 11) is 0. The van der Waals surface area contributed by atoms with Gasteiger partial charge >= 0.3 is 0 Å². The summed E-state index contributed by atoms with van der Waals surface area (Å²) >= 11 is 0. The molecule has 1 aromatic carbocycles. The average Bonchev–Trinajstić information content (AvgIpc) is 2.38. The number of pyridine rings is 1. The Morgan fingerprint density at radius 3 is 2.42 bits per heavy atom. The van der Waals surface area contributed by atoms with E-state index in [2.05, 4.69) is 10.3 Å². The highest BCUT2D eigenvalue weighted by Gasteiger charge is 2.19. The van der Waals surface area contributed by atoms with Crippen molar-refractivity contribution in [3.05, 3.63) is 34.8 Å². The molecule has 102 valence electrons. The molecule has 1 aromatic heterocycles. The molecule has 1 heterocycles. The van der Waals surface area contributed by atoms with Crippen LogP contribution >= 0.6 is 0 Å². The van der Waals surface area contributed by atoms with Gasteiger partial charge in [-0.25, -0.2) is 18.2 Å². The van der Waals surface area contributed by atoms with Gasteiger partial charge in [0.25, 0.3) is 0 Å². The number of hydrogen-bond acceptors (Lipinski definition) is 2. The van der Waals surface area contributed by atoms with Crippen LogP contribution in [0.5, 0.6) is 0 Å². The second-order valence-electron chi connectivity index (χ2n) is 4.32. The summed E-state index contributed by atoms with van der Waals surface area (Å²) in [5.41, 5.74) is 2.01. The van der Waals surface area contributed by atoms with E-state index >= 15 is 0 Å².